The fraction of sp³-hybridized carbons (Fsp3) is 0.538. The smallest absolute Gasteiger partial charge is 0.314 e. The van der Waals surface area contributed by atoms with Crippen LogP contribution in [0.4, 0.5) is 14.5 Å². The van der Waals surface area contributed by atoms with Crippen LogP contribution in [-0.4, -0.2) is 22.7 Å². The van der Waals surface area contributed by atoms with E-state index in [0.29, 0.717) is 31.7 Å². The van der Waals surface area contributed by atoms with E-state index in [1.165, 1.54) is 0 Å². The Balaban J connectivity index is 2.16. The van der Waals surface area contributed by atoms with Crippen LogP contribution in [0.25, 0.3) is 0 Å². The minimum Gasteiger partial charge on any atom is -0.481 e. The van der Waals surface area contributed by atoms with Crippen molar-refractivity contribution in [1.29, 1.82) is 0 Å². The van der Waals surface area contributed by atoms with Crippen molar-refractivity contribution in [1.82, 2.24) is 0 Å². The topological polar surface area (TPSA) is 72.6 Å². The predicted molar refractivity (Wildman–Crippen MR) is 66.5 cm³/mol. The standard InChI is InChI=1S/C13H15F2NO4/c14-10-5-6-11(16(18)19)13(12(10)15)20-9-3-1-8(7-17)2-4-9/h5-6,8-9,17H,1-4,7H2. The average Bonchev–Trinajstić information content (AvgIpc) is 2.44. The molecule has 0 spiro atoms. The second-order valence-electron chi connectivity index (χ2n) is 4.91. The van der Waals surface area contributed by atoms with Crippen molar-refractivity contribution in [2.45, 2.75) is 31.8 Å². The van der Waals surface area contributed by atoms with Crippen LogP contribution >= 0.6 is 0 Å². The Labute approximate surface area is 114 Å². The summed E-state index contributed by atoms with van der Waals surface area (Å²) in [4.78, 5) is 10.0. The Morgan fingerprint density at radius 2 is 1.95 bits per heavy atom. The SMILES string of the molecule is O=[N+]([O-])c1ccc(F)c(F)c1OC1CCC(CO)CC1. The van der Waals surface area contributed by atoms with Crippen LogP contribution in [-0.2, 0) is 0 Å². The van der Waals surface area contributed by atoms with Crippen molar-refractivity contribution < 1.29 is 23.5 Å². The fourth-order valence-corrected chi connectivity index (χ4v) is 2.38. The molecule has 0 unspecified atom stereocenters. The molecular weight excluding hydrogens is 272 g/mol. The van der Waals surface area contributed by atoms with Gasteiger partial charge in [-0.1, -0.05) is 0 Å². The van der Waals surface area contributed by atoms with E-state index < -0.39 is 34.1 Å². The van der Waals surface area contributed by atoms with Crippen molar-refractivity contribution in [2.75, 3.05) is 6.61 Å². The zero-order chi connectivity index (χ0) is 14.7. The van der Waals surface area contributed by atoms with Gasteiger partial charge in [0.25, 0.3) is 0 Å². The first-order chi connectivity index (χ1) is 9.52. The Morgan fingerprint density at radius 3 is 2.50 bits per heavy atom. The predicted octanol–water partition coefficient (Wildman–Crippen LogP) is 2.80. The lowest BCUT2D eigenvalue weighted by atomic mass is 9.88. The zero-order valence-electron chi connectivity index (χ0n) is 10.7. The molecule has 1 fully saturated rings. The molecule has 0 radical (unpaired) electrons. The number of hydrogen-bond acceptors (Lipinski definition) is 4. The molecule has 110 valence electrons. The summed E-state index contributed by atoms with van der Waals surface area (Å²) in [6.45, 7) is 0.0845. The number of aliphatic hydroxyl groups excluding tert-OH is 1. The molecule has 0 saturated heterocycles. The highest BCUT2D eigenvalue weighted by Crippen LogP contribution is 2.35. The molecule has 5 nitrogen and oxygen atoms in total. The van der Waals surface area contributed by atoms with Crippen molar-refractivity contribution in [3.63, 3.8) is 0 Å². The molecule has 0 atom stereocenters. The monoisotopic (exact) mass is 287 g/mol. The summed E-state index contributed by atoms with van der Waals surface area (Å²) in [6.07, 6.45) is 2.11. The van der Waals surface area contributed by atoms with Crippen LogP contribution < -0.4 is 4.74 Å². The Morgan fingerprint density at radius 1 is 1.30 bits per heavy atom. The zero-order valence-corrected chi connectivity index (χ0v) is 10.7. The Kier molecular flexibility index (Phi) is 4.49. The van der Waals surface area contributed by atoms with E-state index in [2.05, 4.69) is 0 Å². The van der Waals surface area contributed by atoms with E-state index in [4.69, 9.17) is 9.84 Å². The molecule has 2 rings (SSSR count). The van der Waals surface area contributed by atoms with E-state index in [1.807, 2.05) is 0 Å². The fourth-order valence-electron chi connectivity index (χ4n) is 2.38. The molecule has 1 aromatic rings. The molecule has 0 aromatic heterocycles. The van der Waals surface area contributed by atoms with Crippen molar-refractivity contribution in [3.05, 3.63) is 33.9 Å². The number of nitro benzene ring substituents is 1. The van der Waals surface area contributed by atoms with Gasteiger partial charge in [0, 0.05) is 12.7 Å². The molecule has 0 amide bonds. The van der Waals surface area contributed by atoms with Crippen LogP contribution in [0.1, 0.15) is 25.7 Å². The summed E-state index contributed by atoms with van der Waals surface area (Å²) in [6, 6.07) is 1.61. The van der Waals surface area contributed by atoms with Gasteiger partial charge in [-0.3, -0.25) is 10.1 Å². The lowest BCUT2D eigenvalue weighted by Crippen LogP contribution is -2.26. The molecule has 1 aliphatic carbocycles. The summed E-state index contributed by atoms with van der Waals surface area (Å²) in [5, 5.41) is 19.9. The maximum absolute atomic E-state index is 13.7. The minimum atomic E-state index is -1.33. The highest BCUT2D eigenvalue weighted by Gasteiger charge is 2.28. The van der Waals surface area contributed by atoms with Gasteiger partial charge in [0.15, 0.2) is 5.82 Å². The molecule has 1 N–H and O–H groups in total. The average molecular weight is 287 g/mol. The summed E-state index contributed by atoms with van der Waals surface area (Å²) in [5.74, 6) is -2.96. The highest BCUT2D eigenvalue weighted by molar-refractivity contribution is 5.47. The molecule has 1 saturated carbocycles. The van der Waals surface area contributed by atoms with Crippen molar-refractivity contribution >= 4 is 5.69 Å². The van der Waals surface area contributed by atoms with E-state index in [1.54, 1.807) is 0 Å². The van der Waals surface area contributed by atoms with Crippen LogP contribution in [0.15, 0.2) is 12.1 Å². The summed E-state index contributed by atoms with van der Waals surface area (Å²) in [7, 11) is 0. The van der Waals surface area contributed by atoms with Crippen LogP contribution in [0.3, 0.4) is 0 Å². The van der Waals surface area contributed by atoms with E-state index in [-0.39, 0.29) is 12.5 Å². The number of benzene rings is 1. The second-order valence-corrected chi connectivity index (χ2v) is 4.91. The first kappa shape index (κ1) is 14.6. The van der Waals surface area contributed by atoms with Gasteiger partial charge < -0.3 is 9.84 Å². The first-order valence-corrected chi connectivity index (χ1v) is 6.42. The summed E-state index contributed by atoms with van der Waals surface area (Å²) >= 11 is 0. The lowest BCUT2D eigenvalue weighted by molar-refractivity contribution is -0.386. The Bertz CT molecular complexity index is 501. The normalized spacial score (nSPS) is 22.6. The molecule has 0 bridgehead atoms. The maximum atomic E-state index is 13.7. The van der Waals surface area contributed by atoms with Gasteiger partial charge in [0.1, 0.15) is 0 Å². The van der Waals surface area contributed by atoms with Gasteiger partial charge in [-0.05, 0) is 37.7 Å². The lowest BCUT2D eigenvalue weighted by Gasteiger charge is -2.27. The quantitative estimate of drug-likeness (QED) is 0.682. The number of ether oxygens (including phenoxy) is 1. The third kappa shape index (κ3) is 3.04. The molecule has 7 heteroatoms. The van der Waals surface area contributed by atoms with Gasteiger partial charge in [0.2, 0.25) is 11.6 Å². The van der Waals surface area contributed by atoms with Gasteiger partial charge >= 0.3 is 5.69 Å². The molecule has 1 aliphatic rings. The van der Waals surface area contributed by atoms with Crippen LogP contribution in [0, 0.1) is 27.7 Å². The third-order valence-corrected chi connectivity index (χ3v) is 3.56. The number of nitro groups is 1. The number of halogens is 2. The highest BCUT2D eigenvalue weighted by atomic mass is 19.2. The number of hydrogen-bond donors (Lipinski definition) is 1. The minimum absolute atomic E-state index is 0.0845. The molecule has 20 heavy (non-hydrogen) atoms. The van der Waals surface area contributed by atoms with Crippen molar-refractivity contribution in [2.24, 2.45) is 5.92 Å². The van der Waals surface area contributed by atoms with Crippen LogP contribution in [0.2, 0.25) is 0 Å². The van der Waals surface area contributed by atoms with Crippen LogP contribution in [0.5, 0.6) is 5.75 Å². The van der Waals surface area contributed by atoms with E-state index in [9.17, 15) is 18.9 Å². The largest absolute Gasteiger partial charge is 0.481 e. The maximum Gasteiger partial charge on any atom is 0.314 e. The number of rotatable bonds is 4. The van der Waals surface area contributed by atoms with Crippen molar-refractivity contribution in [3.8, 4) is 5.75 Å². The van der Waals surface area contributed by atoms with E-state index in [0.717, 1.165) is 6.07 Å². The summed E-state index contributed by atoms with van der Waals surface area (Å²) < 4.78 is 32.2. The number of aliphatic hydroxyl groups is 1. The molecular formula is C13H15F2NO4. The van der Waals surface area contributed by atoms with Gasteiger partial charge in [-0.15, -0.1) is 0 Å². The summed E-state index contributed by atoms with van der Waals surface area (Å²) in [5.41, 5.74) is -0.576. The Hall–Kier alpha value is -1.76. The number of nitrogens with zero attached hydrogens (tertiary/aromatic N) is 1. The first-order valence-electron chi connectivity index (χ1n) is 6.42. The van der Waals surface area contributed by atoms with Gasteiger partial charge in [0.05, 0.1) is 11.0 Å². The third-order valence-electron chi connectivity index (χ3n) is 3.56. The molecule has 0 aliphatic heterocycles. The van der Waals surface area contributed by atoms with Gasteiger partial charge in [-0.2, -0.15) is 4.39 Å². The molecule has 0 heterocycles. The van der Waals surface area contributed by atoms with Gasteiger partial charge in [-0.25, -0.2) is 4.39 Å². The van der Waals surface area contributed by atoms with E-state index >= 15 is 0 Å². The second kappa shape index (κ2) is 6.13. The molecule has 1 aromatic carbocycles.